The number of nitrogens with one attached hydrogen (secondary N) is 1. The van der Waals surface area contributed by atoms with Gasteiger partial charge >= 0.3 is 0 Å². The third-order valence-corrected chi connectivity index (χ3v) is 7.23. The van der Waals surface area contributed by atoms with Gasteiger partial charge in [-0.05, 0) is 49.1 Å². The molecule has 2 aromatic carbocycles. The van der Waals surface area contributed by atoms with Crippen molar-refractivity contribution >= 4 is 17.5 Å². The summed E-state index contributed by atoms with van der Waals surface area (Å²) < 4.78 is 0. The van der Waals surface area contributed by atoms with Crippen LogP contribution in [0.5, 0.6) is 0 Å². The molecule has 0 atom stereocenters. The Morgan fingerprint density at radius 3 is 2.12 bits per heavy atom. The monoisotopic (exact) mass is 462 g/mol. The molecular formula is C28H38N4O2. The first kappa shape index (κ1) is 24.4. The van der Waals surface area contributed by atoms with Crippen molar-refractivity contribution in [3.05, 3.63) is 65.7 Å². The van der Waals surface area contributed by atoms with E-state index in [4.69, 9.17) is 0 Å². The smallest absolute Gasteiger partial charge is 0.227 e. The molecule has 0 bridgehead atoms. The van der Waals surface area contributed by atoms with E-state index in [-0.39, 0.29) is 17.7 Å². The summed E-state index contributed by atoms with van der Waals surface area (Å²) in [5.74, 6) is 0.224. The van der Waals surface area contributed by atoms with Crippen LogP contribution in [0.1, 0.15) is 37.3 Å². The molecule has 0 radical (unpaired) electrons. The lowest BCUT2D eigenvalue weighted by Crippen LogP contribution is -2.45. The van der Waals surface area contributed by atoms with Crippen LogP contribution in [0, 0.1) is 5.92 Å². The number of carbonyl (C=O) groups excluding carboxylic acids is 2. The molecule has 4 rings (SSSR count). The van der Waals surface area contributed by atoms with E-state index in [0.29, 0.717) is 19.5 Å². The molecule has 2 amide bonds. The van der Waals surface area contributed by atoms with Crippen LogP contribution in [0.3, 0.4) is 0 Å². The van der Waals surface area contributed by atoms with Gasteiger partial charge in [-0.2, -0.15) is 0 Å². The van der Waals surface area contributed by atoms with Gasteiger partial charge in [0.05, 0.1) is 0 Å². The lowest BCUT2D eigenvalue weighted by atomic mass is 9.95. The number of likely N-dealkylation sites (N-methyl/N-ethyl adjacent to an activating group) is 1. The largest absolute Gasteiger partial charge is 0.343 e. The molecule has 2 aliphatic rings. The zero-order valence-electron chi connectivity index (χ0n) is 20.4. The van der Waals surface area contributed by atoms with Gasteiger partial charge < -0.3 is 15.1 Å². The SMILES string of the molecule is CCN1CCN(Cc2ccc(NC(=O)C3CCN(C(=O)CCc4ccccc4)CC3)cc2)CC1. The zero-order valence-corrected chi connectivity index (χ0v) is 20.4. The molecule has 182 valence electrons. The number of carbonyl (C=O) groups is 2. The number of piperazine rings is 1. The lowest BCUT2D eigenvalue weighted by Gasteiger charge is -2.34. The number of piperidine rings is 1. The fourth-order valence-corrected chi connectivity index (χ4v) is 4.90. The highest BCUT2D eigenvalue weighted by molar-refractivity contribution is 5.92. The maximum atomic E-state index is 12.8. The molecule has 0 spiro atoms. The summed E-state index contributed by atoms with van der Waals surface area (Å²) in [5, 5.41) is 3.08. The highest BCUT2D eigenvalue weighted by atomic mass is 16.2. The van der Waals surface area contributed by atoms with Gasteiger partial charge in [0, 0.05) is 63.8 Å². The van der Waals surface area contributed by atoms with E-state index < -0.39 is 0 Å². The van der Waals surface area contributed by atoms with Gasteiger partial charge in [0.1, 0.15) is 0 Å². The van der Waals surface area contributed by atoms with Crippen molar-refractivity contribution < 1.29 is 9.59 Å². The third-order valence-electron chi connectivity index (χ3n) is 7.23. The number of likely N-dealkylation sites (tertiary alicyclic amines) is 1. The van der Waals surface area contributed by atoms with Crippen molar-refractivity contribution in [1.82, 2.24) is 14.7 Å². The minimum atomic E-state index is -0.0345. The lowest BCUT2D eigenvalue weighted by molar-refractivity contribution is -0.134. The maximum Gasteiger partial charge on any atom is 0.227 e. The van der Waals surface area contributed by atoms with Crippen LogP contribution in [-0.4, -0.2) is 72.3 Å². The molecule has 2 saturated heterocycles. The van der Waals surface area contributed by atoms with Crippen LogP contribution < -0.4 is 5.32 Å². The molecule has 0 saturated carbocycles. The van der Waals surface area contributed by atoms with Crippen molar-refractivity contribution in [2.45, 2.75) is 39.2 Å². The Kier molecular flexibility index (Phi) is 8.72. The number of hydrogen-bond donors (Lipinski definition) is 1. The maximum absolute atomic E-state index is 12.8. The average molecular weight is 463 g/mol. The Hall–Kier alpha value is -2.70. The van der Waals surface area contributed by atoms with E-state index in [1.165, 1.54) is 11.1 Å². The van der Waals surface area contributed by atoms with E-state index in [0.717, 1.165) is 64.2 Å². The third kappa shape index (κ3) is 6.90. The molecule has 2 heterocycles. The van der Waals surface area contributed by atoms with Crippen molar-refractivity contribution in [2.75, 3.05) is 51.1 Å². The number of aryl methyl sites for hydroxylation is 1. The minimum absolute atomic E-state index is 0.0345. The normalized spacial score (nSPS) is 18.1. The molecule has 34 heavy (non-hydrogen) atoms. The second-order valence-corrected chi connectivity index (χ2v) is 9.54. The molecule has 1 N–H and O–H groups in total. The predicted octanol–water partition coefficient (Wildman–Crippen LogP) is 3.63. The Balaban J connectivity index is 1.17. The summed E-state index contributed by atoms with van der Waals surface area (Å²) in [4.78, 5) is 32.3. The highest BCUT2D eigenvalue weighted by Gasteiger charge is 2.27. The number of rotatable bonds is 8. The summed E-state index contributed by atoms with van der Waals surface area (Å²) in [6.45, 7) is 10.1. The summed E-state index contributed by atoms with van der Waals surface area (Å²) in [6.07, 6.45) is 2.75. The summed E-state index contributed by atoms with van der Waals surface area (Å²) in [6, 6.07) is 18.4. The topological polar surface area (TPSA) is 55.9 Å². The zero-order chi connectivity index (χ0) is 23.8. The molecule has 6 nitrogen and oxygen atoms in total. The van der Waals surface area contributed by atoms with Crippen molar-refractivity contribution in [2.24, 2.45) is 5.92 Å². The minimum Gasteiger partial charge on any atom is -0.343 e. The van der Waals surface area contributed by atoms with Gasteiger partial charge in [-0.25, -0.2) is 0 Å². The molecule has 0 unspecified atom stereocenters. The number of anilines is 1. The standard InChI is InChI=1S/C28H38N4O2/c1-2-30-18-20-31(21-19-30)22-24-8-11-26(12-9-24)29-28(34)25-14-16-32(17-15-25)27(33)13-10-23-6-4-3-5-7-23/h3-9,11-12,25H,2,10,13-22H2,1H3,(H,29,34). The Bertz CT molecular complexity index is 915. The summed E-state index contributed by atoms with van der Waals surface area (Å²) in [5.41, 5.74) is 3.33. The Morgan fingerprint density at radius 2 is 1.47 bits per heavy atom. The fraction of sp³-hybridized carbons (Fsp3) is 0.500. The van der Waals surface area contributed by atoms with E-state index in [2.05, 4.69) is 46.3 Å². The quantitative estimate of drug-likeness (QED) is 0.651. The van der Waals surface area contributed by atoms with Crippen LogP contribution in [0.2, 0.25) is 0 Å². The summed E-state index contributed by atoms with van der Waals surface area (Å²) in [7, 11) is 0. The van der Waals surface area contributed by atoms with Crippen LogP contribution in [0.25, 0.3) is 0 Å². The predicted molar refractivity (Wildman–Crippen MR) is 137 cm³/mol. The number of hydrogen-bond acceptors (Lipinski definition) is 4. The number of amides is 2. The molecule has 2 aliphatic heterocycles. The first-order valence-corrected chi connectivity index (χ1v) is 12.8. The Labute approximate surface area is 203 Å². The molecule has 6 heteroatoms. The first-order valence-electron chi connectivity index (χ1n) is 12.8. The van der Waals surface area contributed by atoms with E-state index in [1.807, 2.05) is 35.2 Å². The van der Waals surface area contributed by atoms with Gasteiger partial charge in [-0.1, -0.05) is 49.4 Å². The van der Waals surface area contributed by atoms with Gasteiger partial charge in [0.2, 0.25) is 11.8 Å². The van der Waals surface area contributed by atoms with Gasteiger partial charge in [-0.3, -0.25) is 14.5 Å². The van der Waals surface area contributed by atoms with Crippen LogP contribution >= 0.6 is 0 Å². The van der Waals surface area contributed by atoms with Crippen molar-refractivity contribution in [3.63, 3.8) is 0 Å². The second kappa shape index (κ2) is 12.1. The van der Waals surface area contributed by atoms with Gasteiger partial charge in [0.15, 0.2) is 0 Å². The molecule has 0 aromatic heterocycles. The molecule has 2 fully saturated rings. The van der Waals surface area contributed by atoms with E-state index in [1.54, 1.807) is 0 Å². The fourth-order valence-electron chi connectivity index (χ4n) is 4.90. The molecule has 0 aliphatic carbocycles. The first-order chi connectivity index (χ1) is 16.6. The van der Waals surface area contributed by atoms with Crippen LogP contribution in [-0.2, 0) is 22.6 Å². The summed E-state index contributed by atoms with van der Waals surface area (Å²) >= 11 is 0. The van der Waals surface area contributed by atoms with Crippen LogP contribution in [0.15, 0.2) is 54.6 Å². The average Bonchev–Trinajstić information content (AvgIpc) is 2.89. The van der Waals surface area contributed by atoms with E-state index in [9.17, 15) is 9.59 Å². The number of benzene rings is 2. The van der Waals surface area contributed by atoms with Crippen molar-refractivity contribution in [1.29, 1.82) is 0 Å². The van der Waals surface area contributed by atoms with Gasteiger partial charge in [-0.15, -0.1) is 0 Å². The Morgan fingerprint density at radius 1 is 0.824 bits per heavy atom. The molecule has 2 aromatic rings. The number of nitrogens with zero attached hydrogens (tertiary/aromatic N) is 3. The highest BCUT2D eigenvalue weighted by Crippen LogP contribution is 2.21. The van der Waals surface area contributed by atoms with Crippen molar-refractivity contribution in [3.8, 4) is 0 Å². The second-order valence-electron chi connectivity index (χ2n) is 9.54. The van der Waals surface area contributed by atoms with Gasteiger partial charge in [0.25, 0.3) is 0 Å². The van der Waals surface area contributed by atoms with Crippen LogP contribution in [0.4, 0.5) is 5.69 Å². The molecular weight excluding hydrogens is 424 g/mol. The van der Waals surface area contributed by atoms with E-state index >= 15 is 0 Å².